The molecule has 3 heteroatoms. The van der Waals surface area contributed by atoms with Crippen molar-refractivity contribution in [1.82, 2.24) is 0 Å². The van der Waals surface area contributed by atoms with Crippen LogP contribution in [0.5, 0.6) is 0 Å². The summed E-state index contributed by atoms with van der Waals surface area (Å²) in [5, 5.41) is 13.6. The zero-order valence-corrected chi connectivity index (χ0v) is 11.5. The van der Waals surface area contributed by atoms with Gasteiger partial charge in [0.1, 0.15) is 5.54 Å². The van der Waals surface area contributed by atoms with Crippen molar-refractivity contribution in [2.75, 3.05) is 5.32 Å². The maximum Gasteiger partial charge on any atom is 0.125 e. The average molecular weight is 263 g/mol. The molecule has 1 unspecified atom stereocenters. The van der Waals surface area contributed by atoms with Gasteiger partial charge in [0.15, 0.2) is 0 Å². The Balaban J connectivity index is 2.18. The van der Waals surface area contributed by atoms with Gasteiger partial charge in [-0.25, -0.2) is 0 Å². The first-order valence-corrected chi connectivity index (χ1v) is 6.97. The fraction of sp³-hybridized carbons (Fsp3) is 0.533. The number of hydrogen-bond acceptors (Lipinski definition) is 2. The van der Waals surface area contributed by atoms with Crippen LogP contribution in [-0.4, -0.2) is 5.54 Å². The van der Waals surface area contributed by atoms with Crippen molar-refractivity contribution in [3.8, 4) is 6.07 Å². The van der Waals surface area contributed by atoms with Crippen LogP contribution in [0.3, 0.4) is 0 Å². The van der Waals surface area contributed by atoms with Crippen molar-refractivity contribution in [3.05, 3.63) is 29.3 Å². The molecule has 1 aliphatic rings. The molecule has 0 spiro atoms. The summed E-state index contributed by atoms with van der Waals surface area (Å²) in [7, 11) is 0. The summed E-state index contributed by atoms with van der Waals surface area (Å²) in [6.07, 6.45) is 6.01. The summed E-state index contributed by atoms with van der Waals surface area (Å²) in [5.74, 6) is 0.410. The molecule has 18 heavy (non-hydrogen) atoms. The van der Waals surface area contributed by atoms with Gasteiger partial charge in [0, 0.05) is 0 Å². The molecule has 0 bridgehead atoms. The highest BCUT2D eigenvalue weighted by molar-refractivity contribution is 6.33. The molecule has 0 heterocycles. The Labute approximate surface area is 114 Å². The van der Waals surface area contributed by atoms with Crippen LogP contribution in [0, 0.1) is 17.2 Å². The van der Waals surface area contributed by atoms with E-state index >= 15 is 0 Å². The van der Waals surface area contributed by atoms with Crippen LogP contribution >= 0.6 is 11.6 Å². The molecule has 1 aliphatic carbocycles. The van der Waals surface area contributed by atoms with Gasteiger partial charge < -0.3 is 5.32 Å². The lowest BCUT2D eigenvalue weighted by Gasteiger charge is -2.36. The van der Waals surface area contributed by atoms with E-state index in [9.17, 15) is 5.26 Å². The highest BCUT2D eigenvalue weighted by Crippen LogP contribution is 2.35. The molecule has 1 aromatic carbocycles. The number of nitrogens with one attached hydrogen (secondary N) is 1. The van der Waals surface area contributed by atoms with Gasteiger partial charge >= 0.3 is 0 Å². The first-order chi connectivity index (χ1) is 8.65. The maximum absolute atomic E-state index is 9.53. The van der Waals surface area contributed by atoms with Gasteiger partial charge in [-0.05, 0) is 37.8 Å². The molecule has 96 valence electrons. The molecule has 2 rings (SSSR count). The quantitative estimate of drug-likeness (QED) is 0.863. The maximum atomic E-state index is 9.53. The summed E-state index contributed by atoms with van der Waals surface area (Å²) in [6.45, 7) is 1.99. The minimum Gasteiger partial charge on any atom is -0.366 e. The Kier molecular flexibility index (Phi) is 4.14. The van der Waals surface area contributed by atoms with Gasteiger partial charge in [-0.3, -0.25) is 0 Å². The van der Waals surface area contributed by atoms with Gasteiger partial charge in [-0.15, -0.1) is 0 Å². The summed E-state index contributed by atoms with van der Waals surface area (Å²) in [4.78, 5) is 0. The molecule has 0 radical (unpaired) electrons. The van der Waals surface area contributed by atoms with Crippen molar-refractivity contribution in [1.29, 1.82) is 5.26 Å². The Bertz CT molecular complexity index is 446. The number of nitrogens with zero attached hydrogens (tertiary/aromatic N) is 1. The number of rotatable bonds is 3. The molecule has 0 saturated heterocycles. The van der Waals surface area contributed by atoms with Crippen LogP contribution in [0.15, 0.2) is 24.3 Å². The van der Waals surface area contributed by atoms with Crippen LogP contribution in [0.4, 0.5) is 5.69 Å². The third-order valence-electron chi connectivity index (χ3n) is 3.92. The summed E-state index contributed by atoms with van der Waals surface area (Å²) < 4.78 is 0. The Hall–Kier alpha value is -1.20. The Morgan fingerprint density at radius 3 is 2.56 bits per heavy atom. The number of anilines is 1. The Morgan fingerprint density at radius 2 is 1.94 bits per heavy atom. The van der Waals surface area contributed by atoms with Crippen molar-refractivity contribution < 1.29 is 0 Å². The van der Waals surface area contributed by atoms with Crippen LogP contribution < -0.4 is 5.32 Å². The molecule has 1 atom stereocenters. The van der Waals surface area contributed by atoms with E-state index in [1.807, 2.05) is 31.2 Å². The van der Waals surface area contributed by atoms with Gasteiger partial charge in [-0.2, -0.15) is 5.26 Å². The second-order valence-electron chi connectivity index (χ2n) is 5.25. The standard InChI is InChI=1S/C15H19ClN2/c1-15(11-17,12-7-3-2-4-8-12)18-14-10-6-5-9-13(14)16/h5-6,9-10,12,18H,2-4,7-8H2,1H3. The number of para-hydroxylation sites is 1. The largest absolute Gasteiger partial charge is 0.366 e. The summed E-state index contributed by atoms with van der Waals surface area (Å²) >= 11 is 6.15. The number of nitriles is 1. The van der Waals surface area contributed by atoms with E-state index in [1.54, 1.807) is 0 Å². The van der Waals surface area contributed by atoms with Crippen molar-refractivity contribution in [2.45, 2.75) is 44.6 Å². The number of hydrogen-bond donors (Lipinski definition) is 1. The van der Waals surface area contributed by atoms with Crippen molar-refractivity contribution >= 4 is 17.3 Å². The van der Waals surface area contributed by atoms with Crippen LogP contribution in [0.25, 0.3) is 0 Å². The molecular formula is C15H19ClN2. The second-order valence-corrected chi connectivity index (χ2v) is 5.66. The smallest absolute Gasteiger partial charge is 0.125 e. The highest BCUT2D eigenvalue weighted by Gasteiger charge is 2.35. The zero-order valence-electron chi connectivity index (χ0n) is 10.7. The minimum absolute atomic E-state index is 0.410. The Morgan fingerprint density at radius 1 is 1.28 bits per heavy atom. The van der Waals surface area contributed by atoms with E-state index in [0.717, 1.165) is 18.5 Å². The van der Waals surface area contributed by atoms with E-state index in [-0.39, 0.29) is 0 Å². The first-order valence-electron chi connectivity index (χ1n) is 6.60. The van der Waals surface area contributed by atoms with Crippen LogP contribution in [-0.2, 0) is 0 Å². The molecule has 0 aliphatic heterocycles. The monoisotopic (exact) mass is 262 g/mol. The van der Waals surface area contributed by atoms with Gasteiger partial charge in [0.2, 0.25) is 0 Å². The highest BCUT2D eigenvalue weighted by atomic mass is 35.5. The van der Waals surface area contributed by atoms with Crippen molar-refractivity contribution in [2.24, 2.45) is 5.92 Å². The zero-order chi connectivity index (χ0) is 13.0. The lowest BCUT2D eigenvalue weighted by atomic mass is 9.76. The predicted octanol–water partition coefficient (Wildman–Crippen LogP) is 4.61. The van der Waals surface area contributed by atoms with Crippen LogP contribution in [0.1, 0.15) is 39.0 Å². The van der Waals surface area contributed by atoms with Crippen molar-refractivity contribution in [3.63, 3.8) is 0 Å². The molecule has 0 amide bonds. The lowest BCUT2D eigenvalue weighted by Crippen LogP contribution is -2.42. The SMILES string of the molecule is CC(C#N)(Nc1ccccc1Cl)C1CCCCC1. The number of benzene rings is 1. The molecular weight excluding hydrogens is 244 g/mol. The molecule has 2 nitrogen and oxygen atoms in total. The first kappa shape index (κ1) is 13.2. The normalized spacial score (nSPS) is 19.8. The van der Waals surface area contributed by atoms with Gasteiger partial charge in [0.25, 0.3) is 0 Å². The van der Waals surface area contributed by atoms with E-state index < -0.39 is 5.54 Å². The molecule has 0 aromatic heterocycles. The van der Waals surface area contributed by atoms with Gasteiger partial charge in [0.05, 0.1) is 16.8 Å². The van der Waals surface area contributed by atoms with E-state index in [0.29, 0.717) is 10.9 Å². The summed E-state index contributed by atoms with van der Waals surface area (Å²) in [6, 6.07) is 10.1. The minimum atomic E-state index is -0.522. The predicted molar refractivity (Wildman–Crippen MR) is 75.7 cm³/mol. The second kappa shape index (κ2) is 5.63. The van der Waals surface area contributed by atoms with E-state index in [4.69, 9.17) is 11.6 Å². The third kappa shape index (κ3) is 2.79. The fourth-order valence-electron chi connectivity index (χ4n) is 2.74. The molecule has 1 fully saturated rings. The molecule has 1 N–H and O–H groups in total. The third-order valence-corrected chi connectivity index (χ3v) is 4.25. The van der Waals surface area contributed by atoms with E-state index in [1.165, 1.54) is 19.3 Å². The summed E-state index contributed by atoms with van der Waals surface area (Å²) in [5.41, 5.74) is 0.333. The van der Waals surface area contributed by atoms with Crippen LogP contribution in [0.2, 0.25) is 5.02 Å². The topological polar surface area (TPSA) is 35.8 Å². The lowest BCUT2D eigenvalue weighted by molar-refractivity contribution is 0.286. The van der Waals surface area contributed by atoms with Gasteiger partial charge in [-0.1, -0.05) is 43.0 Å². The number of halogens is 1. The molecule has 1 saturated carbocycles. The average Bonchev–Trinajstić information content (AvgIpc) is 2.42. The molecule has 1 aromatic rings. The fourth-order valence-corrected chi connectivity index (χ4v) is 2.93. The van der Waals surface area contributed by atoms with E-state index in [2.05, 4.69) is 11.4 Å².